The lowest BCUT2D eigenvalue weighted by atomic mass is 10.1. The first kappa shape index (κ1) is 21.9. The summed E-state index contributed by atoms with van der Waals surface area (Å²) in [4.78, 5) is 4.43. The second kappa shape index (κ2) is 10.8. The number of nitrogens with zero attached hydrogens (tertiary/aromatic N) is 2. The molecule has 0 radical (unpaired) electrons. The zero-order valence-electron chi connectivity index (χ0n) is 16.2. The Hall–Kier alpha value is -2.39. The normalized spacial score (nSPS) is 11.4. The molecule has 0 aliphatic carbocycles. The van der Waals surface area contributed by atoms with E-state index in [1.165, 1.54) is 11.6 Å². The summed E-state index contributed by atoms with van der Waals surface area (Å²) in [5.74, 6) is 0.939. The fourth-order valence-corrected chi connectivity index (χ4v) is 3.22. The number of aryl methyl sites for hydroxylation is 2. The minimum absolute atomic E-state index is 0.0451. The van der Waals surface area contributed by atoms with Gasteiger partial charge in [0.15, 0.2) is 0 Å². The van der Waals surface area contributed by atoms with Crippen molar-refractivity contribution < 1.29 is 22.0 Å². The number of benzene rings is 1. The molecule has 9 heteroatoms. The third-order valence-electron chi connectivity index (χ3n) is 4.22. The van der Waals surface area contributed by atoms with Crippen LogP contribution in [0.15, 0.2) is 36.4 Å². The average molecular weight is 410 g/mol. The van der Waals surface area contributed by atoms with Crippen LogP contribution in [-0.2, 0) is 23.2 Å². The zero-order valence-corrected chi connectivity index (χ0v) is 17.0. The third kappa shape index (κ3) is 7.69. The van der Waals surface area contributed by atoms with E-state index in [1.807, 2.05) is 18.2 Å². The molecule has 2 rings (SSSR count). The van der Waals surface area contributed by atoms with Gasteiger partial charge in [0.2, 0.25) is 5.82 Å². The number of nitrogens with one attached hydrogen (secondary N) is 1. The zero-order chi connectivity index (χ0) is 20.4. The first-order valence-electron chi connectivity index (χ1n) is 9.55. The minimum Gasteiger partial charge on any atom is -0.356 e. The summed E-state index contributed by atoms with van der Waals surface area (Å²) in [5, 5.41) is 3.22. The quantitative estimate of drug-likeness (QED) is 0.280. The maximum Gasteiger partial charge on any atom is 0.476 e. The molecular formula is C19H29N4O4S+. The molecule has 0 saturated heterocycles. The first-order chi connectivity index (χ1) is 13.4. The summed E-state index contributed by atoms with van der Waals surface area (Å²) in [6.07, 6.45) is 6.29. The van der Waals surface area contributed by atoms with Crippen molar-refractivity contribution in [3.63, 3.8) is 0 Å². The van der Waals surface area contributed by atoms with E-state index in [2.05, 4.69) is 33.6 Å². The number of nitrogens with two attached hydrogens (primary N) is 1. The van der Waals surface area contributed by atoms with E-state index in [4.69, 9.17) is 10.3 Å². The molecule has 0 atom stereocenters. The van der Waals surface area contributed by atoms with Crippen molar-refractivity contribution in [2.75, 3.05) is 17.6 Å². The number of nitrogen functional groups attached to an aromatic ring is 1. The van der Waals surface area contributed by atoms with E-state index in [9.17, 15) is 8.42 Å². The topological polar surface area (TPSA) is 118 Å². The number of rotatable bonds is 12. The molecule has 1 aromatic heterocycles. The molecule has 2 aromatic rings. The molecule has 0 aliphatic rings. The molecule has 1 aromatic carbocycles. The lowest BCUT2D eigenvalue weighted by Gasteiger charge is -2.09. The van der Waals surface area contributed by atoms with Gasteiger partial charge in [-0.05, 0) is 29.6 Å². The maximum atomic E-state index is 11.1. The molecule has 28 heavy (non-hydrogen) atoms. The van der Waals surface area contributed by atoms with Crippen molar-refractivity contribution in [3.05, 3.63) is 47.8 Å². The first-order valence-corrected chi connectivity index (χ1v) is 10.9. The van der Waals surface area contributed by atoms with E-state index >= 15 is 0 Å². The molecule has 0 fully saturated rings. The van der Waals surface area contributed by atoms with Gasteiger partial charge in [-0.3, -0.25) is 4.55 Å². The van der Waals surface area contributed by atoms with Crippen molar-refractivity contribution in [2.45, 2.75) is 51.9 Å². The molecule has 0 unspecified atom stereocenters. The largest absolute Gasteiger partial charge is 0.476 e. The molecule has 0 aliphatic heterocycles. The molecule has 0 bridgehead atoms. The van der Waals surface area contributed by atoms with Gasteiger partial charge in [0.05, 0.1) is 6.07 Å². The van der Waals surface area contributed by atoms with Crippen LogP contribution < -0.4 is 20.1 Å². The Balaban J connectivity index is 2.03. The van der Waals surface area contributed by atoms with Crippen LogP contribution in [0.1, 0.15) is 50.4 Å². The Morgan fingerprint density at radius 1 is 1.14 bits per heavy atom. The molecule has 0 spiro atoms. The minimum atomic E-state index is -4.70. The Morgan fingerprint density at radius 3 is 2.57 bits per heavy atom. The van der Waals surface area contributed by atoms with Crippen LogP contribution in [0.5, 0.6) is 0 Å². The van der Waals surface area contributed by atoms with Crippen LogP contribution in [0.2, 0.25) is 0 Å². The number of anilines is 2. The van der Waals surface area contributed by atoms with Crippen LogP contribution in [0.4, 0.5) is 11.6 Å². The van der Waals surface area contributed by atoms with E-state index in [0.29, 0.717) is 24.6 Å². The Bertz CT molecular complexity index is 845. The predicted octanol–water partition coefficient (Wildman–Crippen LogP) is 2.35. The number of hydrogen-bond acceptors (Lipinski definition) is 6. The van der Waals surface area contributed by atoms with E-state index in [-0.39, 0.29) is 5.82 Å². The van der Waals surface area contributed by atoms with Crippen LogP contribution in [0.3, 0.4) is 0 Å². The van der Waals surface area contributed by atoms with Crippen molar-refractivity contribution in [3.8, 4) is 0 Å². The smallest absolute Gasteiger partial charge is 0.356 e. The fraction of sp³-hybridized carbons (Fsp3) is 0.474. The van der Waals surface area contributed by atoms with Gasteiger partial charge in [-0.15, -0.1) is 0 Å². The van der Waals surface area contributed by atoms with E-state index in [0.717, 1.165) is 43.3 Å². The highest BCUT2D eigenvalue weighted by Gasteiger charge is 2.22. The highest BCUT2D eigenvalue weighted by atomic mass is 32.3. The van der Waals surface area contributed by atoms with E-state index < -0.39 is 10.4 Å². The van der Waals surface area contributed by atoms with Crippen LogP contribution in [0, 0.1) is 0 Å². The second-order valence-electron chi connectivity index (χ2n) is 6.61. The standard InChI is InChI=1S/C19H28N4O4S/c1-2-3-4-8-13-19-22-18(15-17(20)23(19)27-28(24,25)26)21-14-9-12-16-10-6-5-7-11-16/h5-7,10-11,15H,2-4,8-9,12-14H2,1H3,(H3,20,21,24,25,26)/p+1. The van der Waals surface area contributed by atoms with Gasteiger partial charge < -0.3 is 11.1 Å². The van der Waals surface area contributed by atoms with Crippen molar-refractivity contribution in [1.29, 1.82) is 0 Å². The number of unbranched alkanes of at least 4 members (excludes halogenated alkanes) is 3. The van der Waals surface area contributed by atoms with Gasteiger partial charge in [0, 0.05) is 13.0 Å². The average Bonchev–Trinajstić information content (AvgIpc) is 2.65. The lowest BCUT2D eigenvalue weighted by molar-refractivity contribution is -0.853. The van der Waals surface area contributed by atoms with Gasteiger partial charge in [0.25, 0.3) is 11.6 Å². The molecular weight excluding hydrogens is 380 g/mol. The monoisotopic (exact) mass is 409 g/mol. The summed E-state index contributed by atoms with van der Waals surface area (Å²) < 4.78 is 36.7. The fourth-order valence-electron chi connectivity index (χ4n) is 2.86. The SMILES string of the molecule is CCCCCCc1nc(NCCCc2ccccc2)cc(N)[n+]1OS(=O)(=O)O. The Kier molecular flexibility index (Phi) is 8.46. The van der Waals surface area contributed by atoms with Gasteiger partial charge in [-0.1, -0.05) is 61.5 Å². The van der Waals surface area contributed by atoms with Gasteiger partial charge in [-0.25, -0.2) is 4.28 Å². The van der Waals surface area contributed by atoms with Crippen LogP contribution in [-0.4, -0.2) is 24.5 Å². The highest BCUT2D eigenvalue weighted by Crippen LogP contribution is 2.11. The van der Waals surface area contributed by atoms with Gasteiger partial charge >= 0.3 is 10.4 Å². The lowest BCUT2D eigenvalue weighted by Crippen LogP contribution is -2.51. The van der Waals surface area contributed by atoms with E-state index in [1.54, 1.807) is 0 Å². The summed E-state index contributed by atoms with van der Waals surface area (Å²) in [6, 6.07) is 11.7. The van der Waals surface area contributed by atoms with Gasteiger partial charge in [-0.2, -0.15) is 8.42 Å². The molecule has 0 saturated carbocycles. The molecule has 1 heterocycles. The highest BCUT2D eigenvalue weighted by molar-refractivity contribution is 7.80. The predicted molar refractivity (Wildman–Crippen MR) is 108 cm³/mol. The number of aromatic nitrogens is 2. The van der Waals surface area contributed by atoms with Gasteiger partial charge in [0.1, 0.15) is 0 Å². The molecule has 154 valence electrons. The van der Waals surface area contributed by atoms with Crippen molar-refractivity contribution >= 4 is 22.0 Å². The van der Waals surface area contributed by atoms with Crippen molar-refractivity contribution in [1.82, 2.24) is 4.98 Å². The molecule has 4 N–H and O–H groups in total. The summed E-state index contributed by atoms with van der Waals surface area (Å²) in [7, 11) is -4.70. The summed E-state index contributed by atoms with van der Waals surface area (Å²) in [5.41, 5.74) is 7.20. The Morgan fingerprint density at radius 2 is 1.89 bits per heavy atom. The van der Waals surface area contributed by atoms with Crippen LogP contribution in [0.25, 0.3) is 0 Å². The number of hydrogen-bond donors (Lipinski definition) is 3. The molecule has 8 nitrogen and oxygen atoms in total. The summed E-state index contributed by atoms with van der Waals surface area (Å²) >= 11 is 0. The summed E-state index contributed by atoms with van der Waals surface area (Å²) in [6.45, 7) is 2.80. The van der Waals surface area contributed by atoms with Crippen molar-refractivity contribution in [2.24, 2.45) is 0 Å². The third-order valence-corrected chi connectivity index (χ3v) is 4.55. The Labute approximate surface area is 166 Å². The maximum absolute atomic E-state index is 11.1. The van der Waals surface area contributed by atoms with Crippen LogP contribution >= 0.6 is 0 Å². The molecule has 0 amide bonds. The second-order valence-corrected chi connectivity index (χ2v) is 7.61.